The molecule has 400 valence electrons. The summed E-state index contributed by atoms with van der Waals surface area (Å²) in [5.74, 6) is -16.6. The second-order valence-corrected chi connectivity index (χ2v) is 16.5. The molecule has 74 heavy (non-hydrogen) atoms. The molecule has 2 heterocycles. The van der Waals surface area contributed by atoms with Gasteiger partial charge in [-0.3, -0.25) is 57.9 Å². The summed E-state index contributed by atoms with van der Waals surface area (Å²) in [4.78, 5) is 169. The number of nitrogen functional groups attached to an aromatic ring is 1. The highest BCUT2D eigenvalue weighted by atomic mass is 32.1. The zero-order valence-corrected chi connectivity index (χ0v) is 39.8. The van der Waals surface area contributed by atoms with Crippen molar-refractivity contribution in [1.82, 2.24) is 51.8 Å². The average molecular weight is 1060 g/mol. The summed E-state index contributed by atoms with van der Waals surface area (Å²) in [5.41, 5.74) is 14.4. The van der Waals surface area contributed by atoms with Crippen molar-refractivity contribution in [3.63, 3.8) is 0 Å². The van der Waals surface area contributed by atoms with Crippen LogP contribution in [0.3, 0.4) is 0 Å². The molecule has 2 aromatic heterocycles. The largest absolute Gasteiger partial charge is 0.481 e. The standard InChI is InChI=1S/C41H53N15O17S/c1-41(16-74,38(72)73)56-35(68)24(13-28(62)63)53-34(67)23(12-27(60)61)52-32(65)20(3-2-10-45-39(42)43)50-33(66)22(11-26(58)59)49-25(57)9-8-21(37(70)71)51-31(64)17-4-6-18(7-5-17)46-14-19-15-47-30-29(48-19)36(69)55-40(44)54-30/h4-7,15,20-24,46,74H,2-3,8-14,16H2,1H3,(H,49,57)(H,50,66)(H,51,64)(H,52,65)(H,53,67)(H,56,68)(H,58,59)(H,60,61)(H,62,63)(H,70,71)(H,72,73)(H4,42,43,45)(H3,44,47,54,55,69)/t20-,21-,22-,23-,24-,41+/m0/s1. The number of amides is 6. The van der Waals surface area contributed by atoms with Crippen molar-refractivity contribution in [2.24, 2.45) is 16.5 Å². The van der Waals surface area contributed by atoms with E-state index in [2.05, 4.69) is 64.1 Å². The molecule has 0 bridgehead atoms. The van der Waals surface area contributed by atoms with Gasteiger partial charge in [-0.1, -0.05) is 0 Å². The van der Waals surface area contributed by atoms with Crippen molar-refractivity contribution < 1.29 is 78.3 Å². The summed E-state index contributed by atoms with van der Waals surface area (Å²) < 4.78 is 0. The number of benzene rings is 1. The Hall–Kier alpha value is -9.17. The van der Waals surface area contributed by atoms with Gasteiger partial charge in [-0.25, -0.2) is 19.6 Å². The molecule has 6 amide bonds. The average Bonchev–Trinajstić information content (AvgIpc) is 3.31. The van der Waals surface area contributed by atoms with E-state index < -0.39 is 151 Å². The second-order valence-electron chi connectivity index (χ2n) is 16.1. The lowest BCUT2D eigenvalue weighted by molar-refractivity contribution is -0.147. The van der Waals surface area contributed by atoms with E-state index in [0.29, 0.717) is 11.4 Å². The Labute approximate surface area is 421 Å². The quantitative estimate of drug-likeness (QED) is 0.0129. The molecule has 0 unspecified atom stereocenters. The number of fused-ring (bicyclic) bond motifs is 1. The number of nitrogens with one attached hydrogen (secondary N) is 8. The lowest BCUT2D eigenvalue weighted by atomic mass is 10.0. The number of anilines is 2. The summed E-state index contributed by atoms with van der Waals surface area (Å²) in [6.07, 6.45) is -3.91. The Morgan fingerprint density at radius 3 is 1.80 bits per heavy atom. The lowest BCUT2D eigenvalue weighted by Gasteiger charge is -2.28. The summed E-state index contributed by atoms with van der Waals surface area (Å²) in [5, 5.41) is 63.6. The fraction of sp³-hybridized carbons (Fsp3) is 0.415. The first-order valence-electron chi connectivity index (χ1n) is 21.7. The van der Waals surface area contributed by atoms with Gasteiger partial charge in [-0.15, -0.1) is 0 Å². The minimum atomic E-state index is -2.11. The number of aromatic amines is 1. The number of guanidine groups is 1. The second kappa shape index (κ2) is 27.4. The van der Waals surface area contributed by atoms with Crippen LogP contribution in [0.1, 0.15) is 67.9 Å². The maximum Gasteiger partial charge on any atom is 0.329 e. The number of aromatic nitrogens is 4. The summed E-state index contributed by atoms with van der Waals surface area (Å²) in [7, 11) is 0. The molecule has 0 aliphatic heterocycles. The minimum Gasteiger partial charge on any atom is -0.481 e. The van der Waals surface area contributed by atoms with Crippen molar-refractivity contribution in [2.45, 2.75) is 94.2 Å². The van der Waals surface area contributed by atoms with Crippen LogP contribution in [0.4, 0.5) is 11.6 Å². The molecular weight excluding hydrogens is 1010 g/mol. The van der Waals surface area contributed by atoms with Gasteiger partial charge in [0.05, 0.1) is 37.7 Å². The number of carbonyl (C=O) groups is 11. The fourth-order valence-electron chi connectivity index (χ4n) is 6.29. The molecule has 0 aliphatic carbocycles. The van der Waals surface area contributed by atoms with Crippen molar-refractivity contribution in [3.05, 3.63) is 52.1 Å². The van der Waals surface area contributed by atoms with Gasteiger partial charge in [-0.05, 0) is 50.5 Å². The number of thiol groups is 1. The summed E-state index contributed by atoms with van der Waals surface area (Å²) >= 11 is 3.87. The van der Waals surface area contributed by atoms with Crippen molar-refractivity contribution in [2.75, 3.05) is 23.3 Å². The molecule has 32 nitrogen and oxygen atoms in total. The topological polar surface area (TPSA) is 535 Å². The number of H-pyrrole nitrogens is 1. The number of carbonyl (C=O) groups excluding carboxylic acids is 6. The number of carboxylic acids is 5. The Morgan fingerprint density at radius 1 is 0.730 bits per heavy atom. The zero-order chi connectivity index (χ0) is 55.4. The van der Waals surface area contributed by atoms with Gasteiger partial charge in [-0.2, -0.15) is 17.6 Å². The molecule has 0 saturated heterocycles. The third-order valence-corrected chi connectivity index (χ3v) is 10.8. The third kappa shape index (κ3) is 18.9. The van der Waals surface area contributed by atoms with E-state index in [-0.39, 0.29) is 48.1 Å². The SMILES string of the molecule is C[C@](CS)(NC(=O)[C@H](CC(=O)O)NC(=O)[C@H](CC(=O)O)NC(=O)[C@H](CCCN=C(N)N)NC(=O)[C@H](CC(=O)O)NC(=O)CC[C@H](NC(=O)c1ccc(NCc2cnc3nc(N)[nH]c(=O)c3n2)cc1)C(=O)O)C(=O)O. The Morgan fingerprint density at radius 2 is 1.27 bits per heavy atom. The number of aliphatic imine (C=N–C) groups is 1. The molecule has 0 aliphatic rings. The van der Waals surface area contributed by atoms with E-state index in [1.165, 1.54) is 30.5 Å². The number of aliphatic carboxylic acids is 5. The lowest BCUT2D eigenvalue weighted by Crippen LogP contribution is -2.61. The van der Waals surface area contributed by atoms with Gasteiger partial charge in [0.1, 0.15) is 35.7 Å². The van der Waals surface area contributed by atoms with E-state index in [1.807, 2.05) is 10.6 Å². The van der Waals surface area contributed by atoms with Crippen LogP contribution >= 0.6 is 12.6 Å². The Bertz CT molecular complexity index is 2720. The van der Waals surface area contributed by atoms with Crippen LogP contribution in [-0.4, -0.2) is 165 Å². The molecule has 3 rings (SSSR count). The molecule has 0 radical (unpaired) electrons. The van der Waals surface area contributed by atoms with Crippen molar-refractivity contribution in [1.29, 1.82) is 0 Å². The maximum absolute atomic E-state index is 13.7. The smallest absolute Gasteiger partial charge is 0.329 e. The van der Waals surface area contributed by atoms with Gasteiger partial charge in [0.25, 0.3) is 11.5 Å². The molecule has 0 saturated carbocycles. The van der Waals surface area contributed by atoms with Gasteiger partial charge < -0.3 is 80.0 Å². The maximum atomic E-state index is 13.7. The van der Waals surface area contributed by atoms with Crippen LogP contribution in [0.2, 0.25) is 0 Å². The van der Waals surface area contributed by atoms with Gasteiger partial charge in [0, 0.05) is 30.0 Å². The van der Waals surface area contributed by atoms with E-state index >= 15 is 0 Å². The van der Waals surface area contributed by atoms with Crippen LogP contribution < -0.4 is 60.0 Å². The number of hydrogen-bond donors (Lipinski definition) is 17. The number of hydrogen-bond acceptors (Lipinski definition) is 19. The minimum absolute atomic E-state index is 0.00299. The molecule has 0 fully saturated rings. The normalized spacial score (nSPS) is 13.6. The van der Waals surface area contributed by atoms with E-state index in [4.69, 9.17) is 17.2 Å². The van der Waals surface area contributed by atoms with Crippen LogP contribution in [0, 0.1) is 0 Å². The molecule has 0 spiro atoms. The molecule has 19 N–H and O–H groups in total. The molecule has 33 heteroatoms. The monoisotopic (exact) mass is 1060 g/mol. The summed E-state index contributed by atoms with van der Waals surface area (Å²) in [6.45, 7) is 0.941. The zero-order valence-electron chi connectivity index (χ0n) is 38.9. The third-order valence-electron chi connectivity index (χ3n) is 10.2. The number of carboxylic acid groups (broad SMARTS) is 5. The predicted molar refractivity (Wildman–Crippen MR) is 257 cm³/mol. The first kappa shape index (κ1) is 59.1. The highest BCUT2D eigenvalue weighted by Crippen LogP contribution is 2.14. The van der Waals surface area contributed by atoms with Crippen LogP contribution in [-0.2, 0) is 54.5 Å². The van der Waals surface area contributed by atoms with Crippen molar-refractivity contribution in [3.8, 4) is 0 Å². The molecule has 1 aromatic carbocycles. The van der Waals surface area contributed by atoms with E-state index in [0.717, 1.165) is 6.92 Å². The molecule has 3 aromatic rings. The summed E-state index contributed by atoms with van der Waals surface area (Å²) in [6, 6.07) is -3.93. The highest BCUT2D eigenvalue weighted by Gasteiger charge is 2.38. The number of nitrogens with two attached hydrogens (primary N) is 3. The Balaban J connectivity index is 1.72. The van der Waals surface area contributed by atoms with Crippen LogP contribution in [0.15, 0.2) is 40.2 Å². The van der Waals surface area contributed by atoms with Crippen LogP contribution in [0.25, 0.3) is 11.2 Å². The van der Waals surface area contributed by atoms with Gasteiger partial charge >= 0.3 is 29.8 Å². The number of rotatable bonds is 30. The number of nitrogens with zero attached hydrogens (tertiary/aromatic N) is 4. The van der Waals surface area contributed by atoms with Crippen LogP contribution in [0.5, 0.6) is 0 Å². The first-order valence-corrected chi connectivity index (χ1v) is 22.3. The highest BCUT2D eigenvalue weighted by molar-refractivity contribution is 7.80. The molecule has 6 atom stereocenters. The first-order chi connectivity index (χ1) is 34.7. The fourth-order valence-corrected chi connectivity index (χ4v) is 6.50. The van der Waals surface area contributed by atoms with E-state index in [1.54, 1.807) is 0 Å². The van der Waals surface area contributed by atoms with Gasteiger partial charge in [0.15, 0.2) is 17.1 Å². The van der Waals surface area contributed by atoms with E-state index in [9.17, 15) is 83.1 Å². The molecular formula is C41H53N15O17S. The predicted octanol–water partition coefficient (Wildman–Crippen LogP) is -4.82. The Kier molecular flexibility index (Phi) is 21.9. The van der Waals surface area contributed by atoms with Gasteiger partial charge in [0.2, 0.25) is 35.5 Å². The van der Waals surface area contributed by atoms with Crippen molar-refractivity contribution >= 4 is 107 Å².